The molecule has 4 aromatic rings. The molecule has 15 heteroatoms. The van der Waals surface area contributed by atoms with Crippen LogP contribution in [0.25, 0.3) is 0 Å². The average molecular weight is 722 g/mol. The first kappa shape index (κ1) is 36.1. The third-order valence-corrected chi connectivity index (χ3v) is 10.8. The lowest BCUT2D eigenvalue weighted by atomic mass is 9.78. The molecule has 0 unspecified atom stereocenters. The molecule has 0 saturated heterocycles. The summed E-state index contributed by atoms with van der Waals surface area (Å²) in [6.07, 6.45) is 0.0620. The molecule has 1 heterocycles. The molecular weight excluding hydrogens is 686 g/mol. The number of anilines is 2. The number of nitrogens with zero attached hydrogens (tertiary/aromatic N) is 4. The first-order valence-corrected chi connectivity index (χ1v) is 17.1. The number of sulfonamides is 1. The zero-order chi connectivity index (χ0) is 35.5. The predicted octanol–water partition coefficient (Wildman–Crippen LogP) is 7.38. The van der Waals surface area contributed by atoms with Crippen molar-refractivity contribution in [2.75, 3.05) is 37.9 Å². The Morgan fingerprint density at radius 1 is 1.00 bits per heavy atom. The number of likely N-dealkylation sites (N-methyl/N-ethyl adjacent to an activating group) is 1. The molecule has 9 nitrogen and oxygen atoms in total. The number of nitrogens with one attached hydrogen (secondary N) is 1. The molecule has 3 aromatic carbocycles. The third-order valence-electron chi connectivity index (χ3n) is 8.75. The molecule has 0 spiro atoms. The molecule has 3 atom stereocenters. The van der Waals surface area contributed by atoms with E-state index < -0.39 is 32.5 Å². The van der Waals surface area contributed by atoms with Crippen LogP contribution >= 0.6 is 11.6 Å². The van der Waals surface area contributed by atoms with E-state index in [1.165, 1.54) is 44.9 Å². The van der Waals surface area contributed by atoms with Gasteiger partial charge in [-0.3, -0.25) is 0 Å². The maximum absolute atomic E-state index is 15.9. The summed E-state index contributed by atoms with van der Waals surface area (Å²) in [5, 5.41) is 3.30. The van der Waals surface area contributed by atoms with Gasteiger partial charge in [0.2, 0.25) is 0 Å². The standard InChI is InChI=1S/C34H36ClF4N5O4S/c1-43(2)30-15-22(21-5-9-24(10-6-21)34(37,38)39)8-12-28(30)42-29-18-27(36)32(17-26(29)35)49(45,46)44(33-13-14-40-20-41-33)19-23-7-11-25(47-3)16-31(23)48-4/h5-7,9-11,13-14,16-18,20,22,28,30,42H,8,12,15,19H2,1-4H3/t22-,28-,30-/m0/s1. The summed E-state index contributed by atoms with van der Waals surface area (Å²) >= 11 is 6.64. The molecule has 0 radical (unpaired) electrons. The molecule has 0 amide bonds. The highest BCUT2D eigenvalue weighted by Crippen LogP contribution is 2.39. The van der Waals surface area contributed by atoms with Crippen LogP contribution in [0.2, 0.25) is 5.02 Å². The Labute approximate surface area is 287 Å². The van der Waals surface area contributed by atoms with Gasteiger partial charge in [-0.2, -0.15) is 13.2 Å². The van der Waals surface area contributed by atoms with Crippen molar-refractivity contribution in [2.24, 2.45) is 0 Å². The van der Waals surface area contributed by atoms with Crippen LogP contribution < -0.4 is 19.1 Å². The van der Waals surface area contributed by atoms with E-state index in [0.29, 0.717) is 36.3 Å². The van der Waals surface area contributed by atoms with E-state index in [-0.39, 0.29) is 41.1 Å². The van der Waals surface area contributed by atoms with Crippen molar-refractivity contribution in [2.45, 2.75) is 54.9 Å². The van der Waals surface area contributed by atoms with E-state index >= 15 is 4.39 Å². The molecule has 0 aliphatic heterocycles. The van der Waals surface area contributed by atoms with Gasteiger partial charge in [0.25, 0.3) is 10.0 Å². The second kappa shape index (κ2) is 14.8. The molecular formula is C34H36ClF4N5O4S. The summed E-state index contributed by atoms with van der Waals surface area (Å²) in [4.78, 5) is 9.35. The summed E-state index contributed by atoms with van der Waals surface area (Å²) in [7, 11) is 2.14. The topological polar surface area (TPSA) is 96.9 Å². The zero-order valence-corrected chi connectivity index (χ0v) is 28.8. The van der Waals surface area contributed by atoms with Crippen LogP contribution in [0.4, 0.5) is 29.1 Å². The monoisotopic (exact) mass is 721 g/mol. The average Bonchev–Trinajstić information content (AvgIpc) is 3.08. The highest BCUT2D eigenvalue weighted by atomic mass is 35.5. The van der Waals surface area contributed by atoms with Crippen LogP contribution in [0.5, 0.6) is 11.5 Å². The quantitative estimate of drug-likeness (QED) is 0.160. The summed E-state index contributed by atoms with van der Waals surface area (Å²) in [6, 6.07) is 13.4. The van der Waals surface area contributed by atoms with Gasteiger partial charge in [-0.15, -0.1) is 0 Å². The Kier molecular flexibility index (Phi) is 10.9. The van der Waals surface area contributed by atoms with E-state index in [4.69, 9.17) is 21.1 Å². The van der Waals surface area contributed by atoms with Gasteiger partial charge < -0.3 is 19.7 Å². The van der Waals surface area contributed by atoms with Crippen molar-refractivity contribution < 1.29 is 35.5 Å². The molecule has 1 aromatic heterocycles. The van der Waals surface area contributed by atoms with Crippen LogP contribution in [0.15, 0.2) is 78.1 Å². The number of hydrogen-bond acceptors (Lipinski definition) is 8. The fraction of sp³-hybridized carbons (Fsp3) is 0.353. The smallest absolute Gasteiger partial charge is 0.416 e. The normalized spacial score (nSPS) is 18.3. The Hall–Kier alpha value is -4.14. The zero-order valence-electron chi connectivity index (χ0n) is 27.2. The van der Waals surface area contributed by atoms with Crippen LogP contribution in [0.1, 0.15) is 41.9 Å². The van der Waals surface area contributed by atoms with E-state index in [1.807, 2.05) is 19.0 Å². The molecule has 0 bridgehead atoms. The number of ether oxygens (including phenoxy) is 2. The van der Waals surface area contributed by atoms with Crippen LogP contribution in [-0.2, 0) is 22.7 Å². The van der Waals surface area contributed by atoms with Crippen molar-refractivity contribution in [3.8, 4) is 11.5 Å². The lowest BCUT2D eigenvalue weighted by Gasteiger charge is -2.41. The van der Waals surface area contributed by atoms with Crippen molar-refractivity contribution in [3.05, 3.63) is 101 Å². The fourth-order valence-electron chi connectivity index (χ4n) is 6.15. The lowest BCUT2D eigenvalue weighted by Crippen LogP contribution is -2.47. The number of halogens is 5. The van der Waals surface area contributed by atoms with E-state index in [0.717, 1.165) is 34.1 Å². The number of hydrogen-bond donors (Lipinski definition) is 1. The molecule has 1 aliphatic rings. The second-order valence-corrected chi connectivity index (χ2v) is 14.2. The van der Waals surface area contributed by atoms with Gasteiger partial charge in [-0.05, 0) is 81.2 Å². The Bertz CT molecular complexity index is 1870. The molecule has 1 fully saturated rings. The minimum atomic E-state index is -4.58. The minimum Gasteiger partial charge on any atom is -0.497 e. The summed E-state index contributed by atoms with van der Waals surface area (Å²) in [6.45, 7) is -0.254. The number of benzene rings is 3. The fourth-order valence-corrected chi connectivity index (χ4v) is 7.90. The van der Waals surface area contributed by atoms with Gasteiger partial charge in [0.1, 0.15) is 34.4 Å². The largest absolute Gasteiger partial charge is 0.497 e. The molecule has 49 heavy (non-hydrogen) atoms. The minimum absolute atomic E-state index is 0.00391. The van der Waals surface area contributed by atoms with Crippen molar-refractivity contribution in [1.82, 2.24) is 14.9 Å². The Morgan fingerprint density at radius 3 is 2.35 bits per heavy atom. The SMILES string of the molecule is COc1ccc(CN(c2ccncn2)S(=O)(=O)c2cc(Cl)c(N[C@H]3CC[C@H](c4ccc(C(F)(F)F)cc4)C[C@@H]3N(C)C)cc2F)c(OC)c1. The van der Waals surface area contributed by atoms with Gasteiger partial charge in [0, 0.05) is 36.0 Å². The summed E-state index contributed by atoms with van der Waals surface area (Å²) in [5.74, 6) is -0.140. The van der Waals surface area contributed by atoms with Gasteiger partial charge in [0.15, 0.2) is 0 Å². The van der Waals surface area contributed by atoms with Gasteiger partial charge in [-0.25, -0.2) is 27.1 Å². The number of aromatic nitrogens is 2. The molecule has 1 aliphatic carbocycles. The predicted molar refractivity (Wildman–Crippen MR) is 179 cm³/mol. The highest BCUT2D eigenvalue weighted by Gasteiger charge is 2.36. The molecule has 5 rings (SSSR count). The van der Waals surface area contributed by atoms with Crippen molar-refractivity contribution in [1.29, 1.82) is 0 Å². The van der Waals surface area contributed by atoms with Gasteiger partial charge in [-0.1, -0.05) is 23.7 Å². The van der Waals surface area contributed by atoms with E-state index in [1.54, 1.807) is 18.2 Å². The summed E-state index contributed by atoms with van der Waals surface area (Å²) in [5.41, 5.74) is 0.807. The van der Waals surface area contributed by atoms with Crippen molar-refractivity contribution >= 4 is 33.1 Å². The Balaban J connectivity index is 1.40. The second-order valence-electron chi connectivity index (χ2n) is 11.9. The molecule has 1 N–H and O–H groups in total. The van der Waals surface area contributed by atoms with Crippen LogP contribution in [0, 0.1) is 5.82 Å². The maximum Gasteiger partial charge on any atom is 0.416 e. The van der Waals surface area contributed by atoms with E-state index in [9.17, 15) is 21.6 Å². The van der Waals surface area contributed by atoms with Crippen molar-refractivity contribution in [3.63, 3.8) is 0 Å². The molecule has 262 valence electrons. The Morgan fingerprint density at radius 2 is 1.73 bits per heavy atom. The molecule has 1 saturated carbocycles. The number of methoxy groups -OCH3 is 2. The van der Waals surface area contributed by atoms with Crippen LogP contribution in [0.3, 0.4) is 0 Å². The lowest BCUT2D eigenvalue weighted by molar-refractivity contribution is -0.137. The summed E-state index contributed by atoms with van der Waals surface area (Å²) < 4.78 is 95.1. The first-order chi connectivity index (χ1) is 23.2. The highest BCUT2D eigenvalue weighted by molar-refractivity contribution is 7.92. The van der Waals surface area contributed by atoms with E-state index in [2.05, 4.69) is 15.3 Å². The van der Waals surface area contributed by atoms with Crippen LogP contribution in [-0.4, -0.2) is 63.7 Å². The maximum atomic E-state index is 15.9. The number of alkyl halides is 3. The third kappa shape index (κ3) is 8.03. The van der Waals surface area contributed by atoms with Gasteiger partial charge >= 0.3 is 6.18 Å². The van der Waals surface area contributed by atoms with Gasteiger partial charge in [0.05, 0.1) is 37.0 Å². The number of rotatable bonds is 11. The first-order valence-electron chi connectivity index (χ1n) is 15.3.